The largest absolute Gasteiger partial charge is 0.353 e. The molecule has 2 aliphatic rings. The first-order valence-corrected chi connectivity index (χ1v) is 9.14. The molecule has 2 aromatic rings. The van der Waals surface area contributed by atoms with Crippen molar-refractivity contribution in [3.8, 4) is 0 Å². The summed E-state index contributed by atoms with van der Waals surface area (Å²) in [5, 5.41) is 0.724. The van der Waals surface area contributed by atoms with Crippen molar-refractivity contribution in [1.29, 1.82) is 0 Å². The lowest BCUT2D eigenvalue weighted by molar-refractivity contribution is 0.636. The van der Waals surface area contributed by atoms with E-state index in [9.17, 15) is 0 Å². The molecule has 1 saturated heterocycles. The van der Waals surface area contributed by atoms with Gasteiger partial charge in [-0.1, -0.05) is 18.0 Å². The summed E-state index contributed by atoms with van der Waals surface area (Å²) in [5.41, 5.74) is 2.63. The Balaban J connectivity index is 1.51. The van der Waals surface area contributed by atoms with E-state index in [-0.39, 0.29) is 0 Å². The van der Waals surface area contributed by atoms with Gasteiger partial charge in [0.1, 0.15) is 18.0 Å². The predicted octanol–water partition coefficient (Wildman–Crippen LogP) is 3.12. The van der Waals surface area contributed by atoms with Gasteiger partial charge < -0.3 is 9.80 Å². The molecule has 0 bridgehead atoms. The number of nitrogens with zero attached hydrogens (tertiary/aromatic N) is 5. The second-order valence-corrected chi connectivity index (χ2v) is 6.87. The highest BCUT2D eigenvalue weighted by atomic mass is 35.5. The van der Waals surface area contributed by atoms with Gasteiger partial charge in [-0.25, -0.2) is 15.0 Å². The SMILES string of the molecule is Clc1cccnc1N1CCN(c2ncnc3c2CCCCC3)CC1. The van der Waals surface area contributed by atoms with E-state index >= 15 is 0 Å². The average molecular weight is 344 g/mol. The molecule has 0 aromatic carbocycles. The molecule has 0 saturated carbocycles. The first kappa shape index (κ1) is 15.6. The lowest BCUT2D eigenvalue weighted by Gasteiger charge is -2.37. The molecule has 0 unspecified atom stereocenters. The molecule has 0 spiro atoms. The van der Waals surface area contributed by atoms with Crippen molar-refractivity contribution in [2.24, 2.45) is 0 Å². The number of piperazine rings is 1. The first-order valence-electron chi connectivity index (χ1n) is 8.76. The van der Waals surface area contributed by atoms with E-state index in [4.69, 9.17) is 11.6 Å². The number of hydrogen-bond donors (Lipinski definition) is 0. The summed E-state index contributed by atoms with van der Waals surface area (Å²) in [6, 6.07) is 3.78. The zero-order valence-electron chi connectivity index (χ0n) is 13.8. The number of hydrogen-bond acceptors (Lipinski definition) is 5. The molecule has 24 heavy (non-hydrogen) atoms. The van der Waals surface area contributed by atoms with Crippen LogP contribution < -0.4 is 9.80 Å². The van der Waals surface area contributed by atoms with Gasteiger partial charge in [0.2, 0.25) is 0 Å². The van der Waals surface area contributed by atoms with Crippen LogP contribution in [0.2, 0.25) is 5.02 Å². The van der Waals surface area contributed by atoms with E-state index in [0.717, 1.165) is 55.7 Å². The highest BCUT2D eigenvalue weighted by Gasteiger charge is 2.24. The Morgan fingerprint density at radius 3 is 2.38 bits per heavy atom. The van der Waals surface area contributed by atoms with E-state index in [1.54, 1.807) is 12.5 Å². The molecule has 0 atom stereocenters. The van der Waals surface area contributed by atoms with Crippen LogP contribution in [-0.4, -0.2) is 41.1 Å². The molecule has 4 rings (SSSR count). The molecule has 126 valence electrons. The normalized spacial score (nSPS) is 18.2. The maximum absolute atomic E-state index is 6.29. The van der Waals surface area contributed by atoms with Crippen LogP contribution in [0.5, 0.6) is 0 Å². The molecule has 1 aliphatic heterocycles. The number of rotatable bonds is 2. The van der Waals surface area contributed by atoms with Gasteiger partial charge in [0, 0.05) is 43.6 Å². The summed E-state index contributed by atoms with van der Waals surface area (Å²) in [4.78, 5) is 18.3. The quantitative estimate of drug-likeness (QED) is 0.784. The Morgan fingerprint density at radius 1 is 0.833 bits per heavy atom. The van der Waals surface area contributed by atoms with Gasteiger partial charge in [-0.05, 0) is 37.8 Å². The summed E-state index contributed by atoms with van der Waals surface area (Å²) in [6.07, 6.45) is 9.53. The fourth-order valence-corrected chi connectivity index (χ4v) is 3.93. The monoisotopic (exact) mass is 343 g/mol. The van der Waals surface area contributed by atoms with Gasteiger partial charge in [0.25, 0.3) is 0 Å². The summed E-state index contributed by atoms with van der Waals surface area (Å²) in [7, 11) is 0. The highest BCUT2D eigenvalue weighted by Crippen LogP contribution is 2.29. The molecular formula is C18H22ClN5. The Kier molecular flexibility index (Phi) is 4.52. The summed E-state index contributed by atoms with van der Waals surface area (Å²) < 4.78 is 0. The molecule has 2 aromatic heterocycles. The third-order valence-corrected chi connectivity index (χ3v) is 5.27. The van der Waals surface area contributed by atoms with Crippen molar-refractivity contribution < 1.29 is 0 Å². The minimum Gasteiger partial charge on any atom is -0.353 e. The van der Waals surface area contributed by atoms with Crippen molar-refractivity contribution in [1.82, 2.24) is 15.0 Å². The smallest absolute Gasteiger partial charge is 0.147 e. The zero-order chi connectivity index (χ0) is 16.4. The topological polar surface area (TPSA) is 45.2 Å². The number of anilines is 2. The predicted molar refractivity (Wildman–Crippen MR) is 97.0 cm³/mol. The van der Waals surface area contributed by atoms with E-state index in [0.29, 0.717) is 0 Å². The van der Waals surface area contributed by atoms with E-state index in [2.05, 4.69) is 24.8 Å². The van der Waals surface area contributed by atoms with Crippen molar-refractivity contribution in [2.75, 3.05) is 36.0 Å². The van der Waals surface area contributed by atoms with Crippen LogP contribution in [0.1, 0.15) is 30.5 Å². The second kappa shape index (κ2) is 6.93. The molecule has 1 aliphatic carbocycles. The minimum absolute atomic E-state index is 0.724. The van der Waals surface area contributed by atoms with Crippen molar-refractivity contribution in [3.63, 3.8) is 0 Å². The van der Waals surface area contributed by atoms with Crippen LogP contribution in [-0.2, 0) is 12.8 Å². The number of aromatic nitrogens is 3. The molecule has 0 radical (unpaired) electrons. The van der Waals surface area contributed by atoms with Crippen LogP contribution in [0.15, 0.2) is 24.7 Å². The Morgan fingerprint density at radius 2 is 1.58 bits per heavy atom. The Bertz CT molecular complexity index is 712. The lowest BCUT2D eigenvalue weighted by Crippen LogP contribution is -2.47. The van der Waals surface area contributed by atoms with E-state index in [1.807, 2.05) is 12.1 Å². The minimum atomic E-state index is 0.724. The van der Waals surface area contributed by atoms with Gasteiger partial charge in [-0.2, -0.15) is 0 Å². The highest BCUT2D eigenvalue weighted by molar-refractivity contribution is 6.32. The maximum Gasteiger partial charge on any atom is 0.147 e. The lowest BCUT2D eigenvalue weighted by atomic mass is 10.1. The first-order chi connectivity index (χ1) is 11.8. The van der Waals surface area contributed by atoms with Crippen molar-refractivity contribution >= 4 is 23.2 Å². The second-order valence-electron chi connectivity index (χ2n) is 6.47. The molecule has 0 N–H and O–H groups in total. The summed E-state index contributed by atoms with van der Waals surface area (Å²) >= 11 is 6.29. The summed E-state index contributed by atoms with van der Waals surface area (Å²) in [6.45, 7) is 3.71. The average Bonchev–Trinajstić information content (AvgIpc) is 2.88. The fourth-order valence-electron chi connectivity index (χ4n) is 3.69. The molecule has 1 fully saturated rings. The van der Waals surface area contributed by atoms with Gasteiger partial charge >= 0.3 is 0 Å². The van der Waals surface area contributed by atoms with Crippen molar-refractivity contribution in [2.45, 2.75) is 32.1 Å². The Labute approximate surface area is 147 Å². The number of aryl methyl sites for hydroxylation is 1. The van der Waals surface area contributed by atoms with Gasteiger partial charge in [-0.3, -0.25) is 0 Å². The number of pyridine rings is 1. The van der Waals surface area contributed by atoms with Gasteiger partial charge in [0.05, 0.1) is 5.02 Å². The van der Waals surface area contributed by atoms with Crippen LogP contribution in [0.25, 0.3) is 0 Å². The zero-order valence-corrected chi connectivity index (χ0v) is 14.5. The van der Waals surface area contributed by atoms with Crippen LogP contribution >= 0.6 is 11.6 Å². The molecular weight excluding hydrogens is 322 g/mol. The van der Waals surface area contributed by atoms with E-state index in [1.165, 1.54) is 30.5 Å². The molecule has 3 heterocycles. The Hall–Kier alpha value is -1.88. The fraction of sp³-hybridized carbons (Fsp3) is 0.500. The van der Waals surface area contributed by atoms with Crippen molar-refractivity contribution in [3.05, 3.63) is 40.9 Å². The molecule has 6 heteroatoms. The number of fused-ring (bicyclic) bond motifs is 1. The van der Waals surface area contributed by atoms with Gasteiger partial charge in [0.15, 0.2) is 0 Å². The molecule has 0 amide bonds. The maximum atomic E-state index is 6.29. The van der Waals surface area contributed by atoms with Gasteiger partial charge in [-0.15, -0.1) is 0 Å². The number of halogens is 1. The van der Waals surface area contributed by atoms with Crippen LogP contribution in [0.3, 0.4) is 0 Å². The summed E-state index contributed by atoms with van der Waals surface area (Å²) in [5.74, 6) is 2.04. The standard InChI is InChI=1S/C18H22ClN5/c19-15-6-4-8-20-18(15)24-11-9-23(10-12-24)17-14-5-2-1-3-7-16(14)21-13-22-17/h4,6,8,13H,1-3,5,7,9-12H2. The third-order valence-electron chi connectivity index (χ3n) is 4.97. The third kappa shape index (κ3) is 3.05. The molecule has 5 nitrogen and oxygen atoms in total. The van der Waals surface area contributed by atoms with Crippen LogP contribution in [0, 0.1) is 0 Å². The van der Waals surface area contributed by atoms with Crippen LogP contribution in [0.4, 0.5) is 11.6 Å². The van der Waals surface area contributed by atoms with E-state index < -0.39 is 0 Å².